The van der Waals surface area contributed by atoms with Crippen LogP contribution < -0.4 is 5.73 Å². The quantitative estimate of drug-likeness (QED) is 0.254. The van der Waals surface area contributed by atoms with Crippen LogP contribution in [0, 0.1) is 11.8 Å². The molecule has 0 aliphatic rings. The molecule has 0 saturated heterocycles. The topological polar surface area (TPSA) is 121 Å². The lowest BCUT2D eigenvalue weighted by Crippen LogP contribution is -2.58. The number of hydrogen-bond donors (Lipinski definition) is 4. The molecule has 27 heavy (non-hydrogen) atoms. The number of carboxylic acids is 1. The van der Waals surface area contributed by atoms with Gasteiger partial charge in [0.1, 0.15) is 17.4 Å². The van der Waals surface area contributed by atoms with Gasteiger partial charge in [-0.15, -0.1) is 0 Å². The second-order valence-corrected chi connectivity index (χ2v) is 7.81. The highest BCUT2D eigenvalue weighted by Gasteiger charge is 2.40. The average Bonchev–Trinajstić information content (AvgIpc) is 2.63. The molecule has 0 aromatic carbocycles. The first-order valence-electron chi connectivity index (χ1n) is 10.2. The van der Waals surface area contributed by atoms with E-state index >= 15 is 0 Å². The first-order valence-corrected chi connectivity index (χ1v) is 10.2. The van der Waals surface area contributed by atoms with Crippen LogP contribution in [-0.4, -0.2) is 44.8 Å². The molecule has 0 radical (unpaired) electrons. The first kappa shape index (κ1) is 25.8. The number of carbonyl (C=O) groups excluding carboxylic acids is 1. The lowest BCUT2D eigenvalue weighted by molar-refractivity contribution is -0.150. The molecule has 158 valence electrons. The summed E-state index contributed by atoms with van der Waals surface area (Å²) in [7, 11) is 0. The molecule has 5 N–H and O–H groups in total. The van der Waals surface area contributed by atoms with Crippen molar-refractivity contribution in [2.75, 3.05) is 0 Å². The minimum absolute atomic E-state index is 0.00363. The third-order valence-corrected chi connectivity index (χ3v) is 5.15. The number of aliphatic hydroxyl groups is 2. The molecule has 5 atom stereocenters. The van der Waals surface area contributed by atoms with E-state index in [0.717, 1.165) is 44.9 Å². The number of rotatable bonds is 15. The predicted molar refractivity (Wildman–Crippen MR) is 107 cm³/mol. The molecule has 0 aromatic heterocycles. The molecule has 0 rings (SSSR count). The van der Waals surface area contributed by atoms with E-state index in [0.29, 0.717) is 0 Å². The average molecular weight is 386 g/mol. The summed E-state index contributed by atoms with van der Waals surface area (Å²) in [4.78, 5) is 23.8. The van der Waals surface area contributed by atoms with Gasteiger partial charge in [-0.25, -0.2) is 0 Å². The van der Waals surface area contributed by atoms with E-state index < -0.39 is 23.7 Å². The van der Waals surface area contributed by atoms with E-state index in [1.54, 1.807) is 12.2 Å². The van der Waals surface area contributed by atoms with Crippen LogP contribution in [-0.2, 0) is 9.59 Å². The maximum Gasteiger partial charge on any atom is 0.326 e. The Balaban J connectivity index is 4.94. The summed E-state index contributed by atoms with van der Waals surface area (Å²) in [6, 6.07) is 0. The number of unbranched alkanes of at least 4 members (excludes halogenated alkanes) is 3. The van der Waals surface area contributed by atoms with Gasteiger partial charge in [-0.3, -0.25) is 9.59 Å². The first-order chi connectivity index (χ1) is 12.6. The summed E-state index contributed by atoms with van der Waals surface area (Å²) >= 11 is 0. The van der Waals surface area contributed by atoms with E-state index in [1.165, 1.54) is 6.92 Å². The summed E-state index contributed by atoms with van der Waals surface area (Å²) in [5.41, 5.74) is 3.63. The molecule has 0 aromatic rings. The van der Waals surface area contributed by atoms with Gasteiger partial charge >= 0.3 is 5.97 Å². The molecule has 0 fully saturated rings. The van der Waals surface area contributed by atoms with Crippen molar-refractivity contribution in [3.05, 3.63) is 12.2 Å². The van der Waals surface area contributed by atoms with Crippen molar-refractivity contribution < 1.29 is 24.9 Å². The monoisotopic (exact) mass is 385 g/mol. The minimum atomic E-state index is -1.93. The van der Waals surface area contributed by atoms with Gasteiger partial charge in [-0.2, -0.15) is 0 Å². The van der Waals surface area contributed by atoms with Crippen molar-refractivity contribution in [3.63, 3.8) is 0 Å². The molecule has 0 saturated carbocycles. The fraction of sp³-hybridized carbons (Fsp3) is 0.810. The number of hydrogen-bond acceptors (Lipinski definition) is 5. The molecule has 0 aliphatic heterocycles. The Morgan fingerprint density at radius 1 is 1.07 bits per heavy atom. The Bertz CT molecular complexity index is 475. The number of aliphatic carboxylic acids is 1. The highest BCUT2D eigenvalue weighted by atomic mass is 16.4. The minimum Gasteiger partial charge on any atom is -0.480 e. The lowest BCUT2D eigenvalue weighted by Gasteiger charge is -2.29. The number of ketones is 1. The molecule has 0 spiro atoms. The number of carboxylic acid groups (broad SMARTS) is 1. The third kappa shape index (κ3) is 9.00. The summed E-state index contributed by atoms with van der Waals surface area (Å²) in [6.45, 7) is 7.34. The predicted octanol–water partition coefficient (Wildman–Crippen LogP) is 3.05. The maximum absolute atomic E-state index is 12.7. The van der Waals surface area contributed by atoms with Gasteiger partial charge in [0.25, 0.3) is 0 Å². The highest BCUT2D eigenvalue weighted by Crippen LogP contribution is 2.21. The normalized spacial score (nSPS) is 18.6. The van der Waals surface area contributed by atoms with Gasteiger partial charge in [0.2, 0.25) is 0 Å². The van der Waals surface area contributed by atoms with Crippen molar-refractivity contribution in [3.8, 4) is 0 Å². The smallest absolute Gasteiger partial charge is 0.326 e. The standard InChI is InChI=1S/C21H39NO5/c1-5-7-9-12-16(18(24)15(3)11-8-6-2)13-10-14-17(23)19(25)21(4,22)20(26)27/h10,13,15-17,19,23,25H,5-9,11-12,14,22H2,1-4H3,(H,26,27)/b13-10+/t15?,16?,17-,19+,21+/m0/s1. The van der Waals surface area contributed by atoms with E-state index in [1.807, 2.05) is 6.92 Å². The zero-order valence-corrected chi connectivity index (χ0v) is 17.4. The number of Topliss-reactive ketones (excluding diaryl/α,β-unsaturated/α-hetero) is 1. The SMILES string of the molecule is CCCCCC(/C=C/C[C@H](O)[C@@H](O)[C@@](C)(N)C(=O)O)C(=O)C(C)CCCC. The fourth-order valence-corrected chi connectivity index (χ4v) is 3.00. The second kappa shape index (κ2) is 13.0. The van der Waals surface area contributed by atoms with E-state index in [-0.39, 0.29) is 24.0 Å². The van der Waals surface area contributed by atoms with Gasteiger partial charge in [0.15, 0.2) is 0 Å². The number of carbonyl (C=O) groups is 2. The van der Waals surface area contributed by atoms with E-state index in [9.17, 15) is 19.8 Å². The number of nitrogens with two attached hydrogens (primary N) is 1. The van der Waals surface area contributed by atoms with Gasteiger partial charge in [0.05, 0.1) is 6.10 Å². The highest BCUT2D eigenvalue weighted by molar-refractivity contribution is 5.84. The van der Waals surface area contributed by atoms with Crippen LogP contribution in [0.3, 0.4) is 0 Å². The molecular weight excluding hydrogens is 346 g/mol. The number of allylic oxidation sites excluding steroid dienone is 1. The van der Waals surface area contributed by atoms with Crippen molar-refractivity contribution >= 4 is 11.8 Å². The van der Waals surface area contributed by atoms with Crippen LogP contribution in [0.2, 0.25) is 0 Å². The molecule has 6 heteroatoms. The molecule has 2 unspecified atom stereocenters. The van der Waals surface area contributed by atoms with Gasteiger partial charge in [-0.05, 0) is 26.2 Å². The fourth-order valence-electron chi connectivity index (χ4n) is 3.00. The van der Waals surface area contributed by atoms with Gasteiger partial charge in [-0.1, -0.05) is 65.0 Å². The lowest BCUT2D eigenvalue weighted by atomic mass is 9.86. The Morgan fingerprint density at radius 3 is 2.19 bits per heavy atom. The molecule has 0 aliphatic carbocycles. The van der Waals surface area contributed by atoms with Gasteiger partial charge in [0, 0.05) is 11.8 Å². The van der Waals surface area contributed by atoms with Gasteiger partial charge < -0.3 is 21.1 Å². The van der Waals surface area contributed by atoms with Crippen molar-refractivity contribution in [1.29, 1.82) is 0 Å². The summed E-state index contributed by atoms with van der Waals surface area (Å²) in [5.74, 6) is -1.39. The Labute approximate surface area is 163 Å². The molecular formula is C21H39NO5. The van der Waals surface area contributed by atoms with Crippen LogP contribution in [0.1, 0.15) is 79.1 Å². The van der Waals surface area contributed by atoms with Crippen LogP contribution in [0.15, 0.2) is 12.2 Å². The zero-order valence-electron chi connectivity index (χ0n) is 17.4. The van der Waals surface area contributed by atoms with Crippen molar-refractivity contribution in [1.82, 2.24) is 0 Å². The Hall–Kier alpha value is -1.24. The van der Waals surface area contributed by atoms with Crippen LogP contribution in [0.4, 0.5) is 0 Å². The zero-order chi connectivity index (χ0) is 21.0. The van der Waals surface area contributed by atoms with E-state index in [2.05, 4.69) is 13.8 Å². The van der Waals surface area contributed by atoms with E-state index in [4.69, 9.17) is 10.8 Å². The van der Waals surface area contributed by atoms with Crippen molar-refractivity contribution in [2.24, 2.45) is 17.6 Å². The second-order valence-electron chi connectivity index (χ2n) is 7.81. The maximum atomic E-state index is 12.7. The number of aliphatic hydroxyl groups excluding tert-OH is 2. The van der Waals surface area contributed by atoms with Crippen LogP contribution in [0.5, 0.6) is 0 Å². The third-order valence-electron chi connectivity index (χ3n) is 5.15. The summed E-state index contributed by atoms with van der Waals surface area (Å²) in [5, 5.41) is 29.1. The molecule has 0 heterocycles. The Morgan fingerprint density at radius 2 is 1.67 bits per heavy atom. The molecule has 0 bridgehead atoms. The summed E-state index contributed by atoms with van der Waals surface area (Å²) in [6.07, 6.45) is 7.41. The Kier molecular flexibility index (Phi) is 12.4. The molecule has 0 amide bonds. The van der Waals surface area contributed by atoms with Crippen molar-refractivity contribution in [2.45, 2.75) is 96.8 Å². The largest absolute Gasteiger partial charge is 0.480 e. The van der Waals surface area contributed by atoms with Crippen LogP contribution >= 0.6 is 0 Å². The molecule has 6 nitrogen and oxygen atoms in total. The summed E-state index contributed by atoms with van der Waals surface area (Å²) < 4.78 is 0. The van der Waals surface area contributed by atoms with Crippen LogP contribution in [0.25, 0.3) is 0 Å².